The number of hydrogen-bond acceptors (Lipinski definition) is 5. The van der Waals surface area contributed by atoms with Crippen molar-refractivity contribution in [2.75, 3.05) is 5.32 Å². The molecule has 0 aliphatic carbocycles. The van der Waals surface area contributed by atoms with Crippen molar-refractivity contribution in [3.63, 3.8) is 0 Å². The molecule has 3 N–H and O–H groups in total. The number of H-pyrrole nitrogens is 1. The highest BCUT2D eigenvalue weighted by Crippen LogP contribution is 2.28. The number of amides is 1. The number of para-hydroxylation sites is 2. The molecule has 1 heterocycles. The topological polar surface area (TPSA) is 117 Å². The van der Waals surface area contributed by atoms with Gasteiger partial charge in [-0.15, -0.1) is 6.58 Å². The van der Waals surface area contributed by atoms with Crippen LogP contribution in [0.5, 0.6) is 5.88 Å². The Hall–Kier alpha value is -3.63. The Labute approximate surface area is 162 Å². The predicted molar refractivity (Wildman–Crippen MR) is 101 cm³/mol. The minimum Gasteiger partial charge on any atom is -0.494 e. The molecular formula is C18H17F3N4O4. The minimum atomic E-state index is -5.10. The zero-order valence-electron chi connectivity index (χ0n) is 15.2. The molecule has 0 radical (unpaired) electrons. The van der Waals surface area contributed by atoms with Gasteiger partial charge in [-0.25, -0.2) is 4.79 Å². The van der Waals surface area contributed by atoms with Gasteiger partial charge in [0.05, 0.1) is 17.1 Å². The van der Waals surface area contributed by atoms with Gasteiger partial charge in [-0.2, -0.15) is 13.2 Å². The molecule has 0 aliphatic rings. The Balaban J connectivity index is 2.62. The molecule has 0 atom stereocenters. The van der Waals surface area contributed by atoms with Gasteiger partial charge in [0, 0.05) is 6.54 Å². The first-order valence-electron chi connectivity index (χ1n) is 8.32. The van der Waals surface area contributed by atoms with Crippen molar-refractivity contribution in [1.82, 2.24) is 9.55 Å². The number of aromatic nitrogens is 2. The third-order valence-corrected chi connectivity index (χ3v) is 3.77. The largest absolute Gasteiger partial charge is 0.494 e. The number of carbonyl (C=O) groups excluding carboxylic acids is 1. The number of carbonyl (C=O) groups is 1. The summed E-state index contributed by atoms with van der Waals surface area (Å²) in [6.07, 6.45) is -3.68. The van der Waals surface area contributed by atoms with Crippen molar-refractivity contribution in [3.05, 3.63) is 63.3 Å². The Morgan fingerprint density at radius 1 is 1.34 bits per heavy atom. The van der Waals surface area contributed by atoms with Crippen molar-refractivity contribution in [1.29, 1.82) is 0 Å². The fourth-order valence-corrected chi connectivity index (χ4v) is 2.45. The Bertz CT molecular complexity index is 1080. The summed E-state index contributed by atoms with van der Waals surface area (Å²) < 4.78 is 38.5. The summed E-state index contributed by atoms with van der Waals surface area (Å²) in [7, 11) is 0. The van der Waals surface area contributed by atoms with Gasteiger partial charge in [0.2, 0.25) is 5.88 Å². The van der Waals surface area contributed by atoms with Crippen LogP contribution in [0.25, 0.3) is 0 Å². The second kappa shape index (κ2) is 8.59. The Kier molecular flexibility index (Phi) is 6.42. The summed E-state index contributed by atoms with van der Waals surface area (Å²) in [5.41, 5.74) is -2.39. The van der Waals surface area contributed by atoms with E-state index in [9.17, 15) is 32.7 Å². The molecule has 11 heteroatoms. The first kappa shape index (κ1) is 21.7. The number of aromatic amines is 1. The molecule has 0 bridgehead atoms. The van der Waals surface area contributed by atoms with Gasteiger partial charge in [-0.05, 0) is 18.6 Å². The smallest absolute Gasteiger partial charge is 0.471 e. The predicted octanol–water partition coefficient (Wildman–Crippen LogP) is 2.46. The highest BCUT2D eigenvalue weighted by Gasteiger charge is 2.39. The minimum absolute atomic E-state index is 0.00438. The molecule has 1 aromatic heterocycles. The van der Waals surface area contributed by atoms with Crippen LogP contribution in [-0.2, 0) is 11.3 Å². The number of nitrogens with one attached hydrogen (secondary N) is 2. The molecule has 2 aromatic rings. The van der Waals surface area contributed by atoms with Gasteiger partial charge in [-0.1, -0.05) is 25.1 Å². The number of halogens is 3. The molecule has 0 unspecified atom stereocenters. The van der Waals surface area contributed by atoms with Gasteiger partial charge < -0.3 is 10.4 Å². The van der Waals surface area contributed by atoms with E-state index in [2.05, 4.69) is 11.6 Å². The molecule has 8 nitrogen and oxygen atoms in total. The van der Waals surface area contributed by atoms with Crippen molar-refractivity contribution in [3.8, 4) is 5.88 Å². The lowest BCUT2D eigenvalue weighted by molar-refractivity contribution is -0.167. The van der Waals surface area contributed by atoms with Crippen LogP contribution < -0.4 is 16.6 Å². The maximum absolute atomic E-state index is 12.6. The number of nitrogens with zero attached hydrogens (tertiary/aromatic N) is 2. The van der Waals surface area contributed by atoms with E-state index < -0.39 is 29.2 Å². The Morgan fingerprint density at radius 2 is 2.00 bits per heavy atom. The molecule has 0 spiro atoms. The lowest BCUT2D eigenvalue weighted by Gasteiger charge is -2.13. The van der Waals surface area contributed by atoms with Gasteiger partial charge in [0.25, 0.3) is 5.56 Å². The molecule has 154 valence electrons. The molecular weight excluding hydrogens is 393 g/mol. The van der Waals surface area contributed by atoms with Crippen LogP contribution in [0.1, 0.15) is 18.9 Å². The van der Waals surface area contributed by atoms with Crippen molar-refractivity contribution in [2.24, 2.45) is 4.99 Å². The first-order valence-corrected chi connectivity index (χ1v) is 8.32. The normalized spacial score (nSPS) is 11.9. The average molecular weight is 410 g/mol. The number of hydrogen-bond donors (Lipinski definition) is 3. The number of anilines is 1. The van der Waals surface area contributed by atoms with Gasteiger partial charge in [-0.3, -0.25) is 24.1 Å². The number of allylic oxidation sites excluding steroid dienone is 1. The fraction of sp³-hybridized carbons (Fsp3) is 0.222. The van der Waals surface area contributed by atoms with Crippen molar-refractivity contribution in [2.45, 2.75) is 26.1 Å². The summed E-state index contributed by atoms with van der Waals surface area (Å²) in [6, 6.07) is 5.40. The quantitative estimate of drug-likeness (QED) is 0.501. The monoisotopic (exact) mass is 410 g/mol. The molecule has 0 saturated carbocycles. The van der Waals surface area contributed by atoms with E-state index in [4.69, 9.17) is 0 Å². The third kappa shape index (κ3) is 4.81. The second-order valence-electron chi connectivity index (χ2n) is 5.74. The van der Waals surface area contributed by atoms with E-state index in [1.807, 2.05) is 4.98 Å². The summed E-state index contributed by atoms with van der Waals surface area (Å²) in [6.45, 7) is 4.96. The highest BCUT2D eigenvalue weighted by atomic mass is 19.4. The van der Waals surface area contributed by atoms with E-state index in [0.717, 1.165) is 4.57 Å². The van der Waals surface area contributed by atoms with Crippen molar-refractivity contribution < 1.29 is 23.1 Å². The van der Waals surface area contributed by atoms with Crippen LogP contribution in [0.15, 0.2) is 51.5 Å². The van der Waals surface area contributed by atoms with E-state index in [-0.39, 0.29) is 35.6 Å². The molecule has 0 fully saturated rings. The number of aromatic hydroxyl groups is 1. The van der Waals surface area contributed by atoms with Crippen LogP contribution >= 0.6 is 0 Å². The zero-order chi connectivity index (χ0) is 21.8. The lowest BCUT2D eigenvalue weighted by atomic mass is 10.1. The standard InChI is InChI=1S/C18H17F3N4O4/c1-3-9-25-15(27)13(14(26)24-17(25)29)10(4-2)22-11-7-5-6-8-12(11)23-16(28)18(19,20)21/h3,5-8,27H,1,4,9H2,2H3,(H,23,28)(H,24,26,29). The molecule has 0 aliphatic heterocycles. The van der Waals surface area contributed by atoms with E-state index in [1.165, 1.54) is 30.3 Å². The number of alkyl halides is 3. The first-order chi connectivity index (χ1) is 13.6. The third-order valence-electron chi connectivity index (χ3n) is 3.77. The van der Waals surface area contributed by atoms with E-state index >= 15 is 0 Å². The van der Waals surface area contributed by atoms with Gasteiger partial charge in [0.15, 0.2) is 0 Å². The fourth-order valence-electron chi connectivity index (χ4n) is 2.45. The number of rotatable bonds is 6. The lowest BCUT2D eigenvalue weighted by Crippen LogP contribution is -2.33. The average Bonchev–Trinajstić information content (AvgIpc) is 2.64. The number of aliphatic imine (C=N–C) groups is 1. The van der Waals surface area contributed by atoms with Crippen LogP contribution in [0.4, 0.5) is 24.5 Å². The van der Waals surface area contributed by atoms with Gasteiger partial charge >= 0.3 is 17.8 Å². The highest BCUT2D eigenvalue weighted by molar-refractivity contribution is 6.05. The summed E-state index contributed by atoms with van der Waals surface area (Å²) >= 11 is 0. The van der Waals surface area contributed by atoms with Crippen molar-refractivity contribution >= 4 is 23.0 Å². The summed E-state index contributed by atoms with van der Waals surface area (Å²) in [5.74, 6) is -2.84. The molecule has 2 rings (SSSR count). The zero-order valence-corrected chi connectivity index (χ0v) is 15.2. The molecule has 29 heavy (non-hydrogen) atoms. The van der Waals surface area contributed by atoms with E-state index in [0.29, 0.717) is 0 Å². The Morgan fingerprint density at radius 3 is 2.59 bits per heavy atom. The maximum atomic E-state index is 12.6. The maximum Gasteiger partial charge on any atom is 0.471 e. The summed E-state index contributed by atoms with van der Waals surface area (Å²) in [5, 5.41) is 12.1. The second-order valence-corrected chi connectivity index (χ2v) is 5.74. The van der Waals surface area contributed by atoms with Crippen LogP contribution in [-0.4, -0.2) is 32.5 Å². The van der Waals surface area contributed by atoms with Gasteiger partial charge in [0.1, 0.15) is 5.56 Å². The van der Waals surface area contributed by atoms with Crippen LogP contribution in [0, 0.1) is 0 Å². The summed E-state index contributed by atoms with van der Waals surface area (Å²) in [4.78, 5) is 41.5. The molecule has 1 aromatic carbocycles. The van der Waals surface area contributed by atoms with Crippen LogP contribution in [0.2, 0.25) is 0 Å². The number of benzene rings is 1. The SMILES string of the molecule is C=CCn1c(O)c(C(CC)=Nc2ccccc2NC(=O)C(F)(F)F)c(=O)[nH]c1=O. The van der Waals surface area contributed by atoms with Crippen LogP contribution in [0.3, 0.4) is 0 Å². The van der Waals surface area contributed by atoms with E-state index in [1.54, 1.807) is 12.2 Å². The molecule has 1 amide bonds. The molecule has 0 saturated heterocycles.